The van der Waals surface area contributed by atoms with Crippen molar-refractivity contribution in [1.29, 1.82) is 0 Å². The Balaban J connectivity index is 6.90. The third-order valence-corrected chi connectivity index (χ3v) is 7.08. The highest BCUT2D eigenvalue weighted by Crippen LogP contribution is 2.63. The van der Waals surface area contributed by atoms with E-state index in [1.165, 1.54) is 0 Å². The fourth-order valence-corrected chi connectivity index (χ4v) is 4.16. The predicted octanol–water partition coefficient (Wildman–Crippen LogP) is 6.14. The van der Waals surface area contributed by atoms with Gasteiger partial charge in [0.15, 0.2) is 6.17 Å². The molecule has 1 unspecified atom stereocenters. The first-order chi connectivity index (χ1) is 15.1. The van der Waals surface area contributed by atoms with Crippen LogP contribution in [0.25, 0.3) is 0 Å². The van der Waals surface area contributed by atoms with E-state index < -0.39 is 68.7 Å². The van der Waals surface area contributed by atoms with E-state index in [4.69, 9.17) is 0 Å². The van der Waals surface area contributed by atoms with Crippen molar-refractivity contribution < 1.29 is 92.3 Å². The van der Waals surface area contributed by atoms with Crippen LogP contribution >= 0.6 is 0 Å². The second-order valence-electron chi connectivity index (χ2n) is 6.52. The summed E-state index contributed by atoms with van der Waals surface area (Å²) in [6.45, 7) is 0. The molecule has 3 nitrogen and oxygen atoms in total. The molecule has 0 aromatic carbocycles. The Bertz CT molecular complexity index is 723. The molecule has 0 aliphatic heterocycles. The molecule has 212 valence electrons. The minimum Gasteiger partial charge on any atom is -0.373 e. The second kappa shape index (κ2) is 9.30. The Morgan fingerprint density at radius 1 is 0.514 bits per heavy atom. The number of hydrogen-bond acceptors (Lipinski definition) is 3. The Morgan fingerprint density at radius 2 is 0.800 bits per heavy atom. The predicted molar refractivity (Wildman–Crippen MR) is 77.0 cm³/mol. The Labute approximate surface area is 183 Å². The molecule has 0 aliphatic carbocycles. The van der Waals surface area contributed by atoms with E-state index in [9.17, 15) is 79.0 Å². The maximum atomic E-state index is 14.1. The molecular formula is C13H12F18O3Si. The molecule has 0 radical (unpaired) electrons. The molecule has 0 aromatic rings. The monoisotopic (exact) mass is 586 g/mol. The first-order valence-corrected chi connectivity index (χ1v) is 9.79. The van der Waals surface area contributed by atoms with Crippen molar-refractivity contribution in [3.05, 3.63) is 0 Å². The quantitative estimate of drug-likeness (QED) is 0.203. The third kappa shape index (κ3) is 4.66. The maximum Gasteiger partial charge on any atom is 0.581 e. The van der Waals surface area contributed by atoms with Crippen LogP contribution in [0.15, 0.2) is 0 Å². The van der Waals surface area contributed by atoms with E-state index in [0.717, 1.165) is 0 Å². The van der Waals surface area contributed by atoms with E-state index in [-0.39, 0.29) is 21.3 Å². The lowest BCUT2D eigenvalue weighted by Crippen LogP contribution is -2.78. The topological polar surface area (TPSA) is 27.7 Å². The number of halogens is 18. The zero-order valence-electron chi connectivity index (χ0n) is 16.8. The summed E-state index contributed by atoms with van der Waals surface area (Å²) in [6, 6.07) is 0. The summed E-state index contributed by atoms with van der Waals surface area (Å²) in [4.78, 5) is 0. The first kappa shape index (κ1) is 33.8. The van der Waals surface area contributed by atoms with Gasteiger partial charge in [-0.25, -0.2) is 4.39 Å². The summed E-state index contributed by atoms with van der Waals surface area (Å²) in [6.07, 6.45) is -15.4. The van der Waals surface area contributed by atoms with Crippen LogP contribution in [0.1, 0.15) is 6.42 Å². The minimum absolute atomic E-state index is 0.00908. The standard InChI is InChI=1S/C13H12F18O3Si/c1-32-35(33-2,34-3)13(30,31)12(28,29)11(26,27)10(24,25)9(22,23)8(20,21)7(18,19)5(14)4-6(15,16)17/h5H,4H2,1-3H3. The average molecular weight is 586 g/mol. The molecule has 0 aromatic heterocycles. The first-order valence-electron chi connectivity index (χ1n) is 8.07. The van der Waals surface area contributed by atoms with Crippen molar-refractivity contribution >= 4 is 8.80 Å². The third-order valence-electron chi connectivity index (χ3n) is 4.39. The lowest BCUT2D eigenvalue weighted by Gasteiger charge is -2.44. The largest absolute Gasteiger partial charge is 0.581 e. The number of hydrogen-bond donors (Lipinski definition) is 0. The van der Waals surface area contributed by atoms with E-state index >= 15 is 0 Å². The maximum absolute atomic E-state index is 14.1. The molecule has 0 amide bonds. The Kier molecular flexibility index (Phi) is 8.99. The van der Waals surface area contributed by atoms with E-state index in [0.29, 0.717) is 0 Å². The van der Waals surface area contributed by atoms with E-state index in [1.54, 1.807) is 0 Å². The van der Waals surface area contributed by atoms with Crippen molar-refractivity contribution in [3.8, 4) is 0 Å². The van der Waals surface area contributed by atoms with Crippen LogP contribution in [0.4, 0.5) is 79.0 Å². The van der Waals surface area contributed by atoms with Gasteiger partial charge >= 0.3 is 56.1 Å². The van der Waals surface area contributed by atoms with Crippen LogP contribution in [0, 0.1) is 0 Å². The summed E-state index contributed by atoms with van der Waals surface area (Å²) in [5.41, 5.74) is -6.88. The SMILES string of the molecule is CO[Si](OC)(OC)C(F)(F)C(F)(F)C(F)(F)C(F)(F)C(F)(F)C(F)(F)C(F)(F)C(F)CC(F)(F)F. The van der Waals surface area contributed by atoms with Gasteiger partial charge in [-0.15, -0.1) is 0 Å². The summed E-state index contributed by atoms with van der Waals surface area (Å²) in [5, 5.41) is 0. The smallest absolute Gasteiger partial charge is 0.373 e. The highest BCUT2D eigenvalue weighted by Gasteiger charge is 2.96. The molecule has 35 heavy (non-hydrogen) atoms. The van der Waals surface area contributed by atoms with Gasteiger partial charge in [0.1, 0.15) is 0 Å². The van der Waals surface area contributed by atoms with E-state index in [1.807, 2.05) is 0 Å². The molecule has 0 aliphatic rings. The highest BCUT2D eigenvalue weighted by molar-refractivity contribution is 6.63. The lowest BCUT2D eigenvalue weighted by atomic mass is 9.89. The molecule has 0 bridgehead atoms. The van der Waals surface area contributed by atoms with Crippen LogP contribution in [-0.2, 0) is 13.3 Å². The summed E-state index contributed by atoms with van der Waals surface area (Å²) in [5.74, 6) is -49.4. The van der Waals surface area contributed by atoms with Crippen molar-refractivity contribution in [2.45, 2.75) is 59.8 Å². The van der Waals surface area contributed by atoms with Gasteiger partial charge in [-0.1, -0.05) is 0 Å². The van der Waals surface area contributed by atoms with E-state index in [2.05, 4.69) is 13.3 Å². The fourth-order valence-electron chi connectivity index (χ4n) is 2.35. The number of alkyl halides is 18. The van der Waals surface area contributed by atoms with Gasteiger partial charge < -0.3 is 13.3 Å². The van der Waals surface area contributed by atoms with Gasteiger partial charge in [0.25, 0.3) is 0 Å². The van der Waals surface area contributed by atoms with Crippen LogP contribution < -0.4 is 0 Å². The van der Waals surface area contributed by atoms with Gasteiger partial charge in [-0.05, 0) is 0 Å². The van der Waals surface area contributed by atoms with Gasteiger partial charge in [0.05, 0.1) is 6.42 Å². The van der Waals surface area contributed by atoms with Crippen molar-refractivity contribution in [3.63, 3.8) is 0 Å². The summed E-state index contributed by atoms with van der Waals surface area (Å²) >= 11 is 0. The molecule has 0 fully saturated rings. The Hall–Kier alpha value is -1.16. The minimum atomic E-state index is -8.62. The lowest BCUT2D eigenvalue weighted by molar-refractivity contribution is -0.442. The van der Waals surface area contributed by atoms with Gasteiger partial charge in [-0.2, -0.15) is 74.6 Å². The van der Waals surface area contributed by atoms with Gasteiger partial charge in [0, 0.05) is 21.3 Å². The molecule has 0 heterocycles. The molecule has 0 saturated carbocycles. The molecule has 0 rings (SSSR count). The van der Waals surface area contributed by atoms with Gasteiger partial charge in [0.2, 0.25) is 0 Å². The summed E-state index contributed by atoms with van der Waals surface area (Å²) in [7, 11) is -6.64. The molecule has 0 N–H and O–H groups in total. The molecule has 22 heteroatoms. The highest BCUT2D eigenvalue weighted by atomic mass is 28.4. The molecule has 0 spiro atoms. The summed E-state index contributed by atoms with van der Waals surface area (Å²) < 4.78 is 252. The average Bonchev–Trinajstić information content (AvgIpc) is 2.67. The Morgan fingerprint density at radius 3 is 1.09 bits per heavy atom. The van der Waals surface area contributed by atoms with Crippen LogP contribution in [0.5, 0.6) is 0 Å². The number of rotatable bonds is 12. The van der Waals surface area contributed by atoms with Crippen LogP contribution in [0.2, 0.25) is 0 Å². The zero-order chi connectivity index (χ0) is 28.9. The van der Waals surface area contributed by atoms with Gasteiger partial charge in [-0.3, -0.25) is 0 Å². The van der Waals surface area contributed by atoms with Crippen LogP contribution in [0.3, 0.4) is 0 Å². The van der Waals surface area contributed by atoms with Crippen molar-refractivity contribution in [1.82, 2.24) is 0 Å². The van der Waals surface area contributed by atoms with Crippen LogP contribution in [-0.4, -0.2) is 83.6 Å². The molecule has 1 atom stereocenters. The molecular weight excluding hydrogens is 574 g/mol. The normalized spacial score (nSPS) is 17.1. The zero-order valence-corrected chi connectivity index (χ0v) is 17.8. The fraction of sp³-hybridized carbons (Fsp3) is 1.00. The molecule has 0 saturated heterocycles. The van der Waals surface area contributed by atoms with Crippen molar-refractivity contribution in [2.24, 2.45) is 0 Å². The van der Waals surface area contributed by atoms with Crippen molar-refractivity contribution in [2.75, 3.05) is 21.3 Å². The second-order valence-corrected chi connectivity index (χ2v) is 9.49.